The molecular weight excluding hydrogens is 292 g/mol. The van der Waals surface area contributed by atoms with E-state index in [9.17, 15) is 4.79 Å². The highest BCUT2D eigenvalue weighted by atomic mass is 16.5. The third-order valence-electron chi connectivity index (χ3n) is 3.16. The van der Waals surface area contributed by atoms with E-state index in [0.29, 0.717) is 5.69 Å². The molecule has 2 N–H and O–H groups in total. The van der Waals surface area contributed by atoms with E-state index in [1.54, 1.807) is 18.3 Å². The van der Waals surface area contributed by atoms with Crippen LogP contribution in [0.25, 0.3) is 0 Å². The van der Waals surface area contributed by atoms with Crippen molar-refractivity contribution < 1.29 is 14.6 Å². The first-order chi connectivity index (χ1) is 11.2. The summed E-state index contributed by atoms with van der Waals surface area (Å²) in [5, 5.41) is 13.0. The minimum Gasteiger partial charge on any atom is -0.494 e. The summed E-state index contributed by atoms with van der Waals surface area (Å²) in [5.74, 6) is -0.117. The van der Waals surface area contributed by atoms with Crippen LogP contribution in [-0.2, 0) is 0 Å². The standard InChI is InChI=1S/C18H20N2O3/c1-2-3-11-23-17-9-7-14(8-10-17)13-19-20-16-6-4-5-15(12-16)18(21)22/h4-10,12-13,20H,2-3,11H2,1H3,(H,21,22). The van der Waals surface area contributed by atoms with Gasteiger partial charge in [0.15, 0.2) is 0 Å². The summed E-state index contributed by atoms with van der Waals surface area (Å²) < 4.78 is 5.60. The van der Waals surface area contributed by atoms with E-state index >= 15 is 0 Å². The Labute approximate surface area is 135 Å². The van der Waals surface area contributed by atoms with E-state index in [1.165, 1.54) is 12.1 Å². The van der Waals surface area contributed by atoms with Crippen LogP contribution >= 0.6 is 0 Å². The van der Waals surface area contributed by atoms with Crippen molar-refractivity contribution in [2.45, 2.75) is 19.8 Å². The van der Waals surface area contributed by atoms with Gasteiger partial charge in [0, 0.05) is 0 Å². The third-order valence-corrected chi connectivity index (χ3v) is 3.16. The van der Waals surface area contributed by atoms with Crippen LogP contribution in [0.4, 0.5) is 5.69 Å². The number of benzene rings is 2. The molecule has 0 aliphatic carbocycles. The molecule has 0 saturated carbocycles. The first kappa shape index (κ1) is 16.5. The monoisotopic (exact) mass is 312 g/mol. The lowest BCUT2D eigenvalue weighted by Gasteiger charge is -2.05. The van der Waals surface area contributed by atoms with Crippen LogP contribution in [0.15, 0.2) is 53.6 Å². The average molecular weight is 312 g/mol. The van der Waals surface area contributed by atoms with Crippen LogP contribution in [0.1, 0.15) is 35.7 Å². The largest absolute Gasteiger partial charge is 0.494 e. The van der Waals surface area contributed by atoms with Gasteiger partial charge in [-0.05, 0) is 54.4 Å². The van der Waals surface area contributed by atoms with Gasteiger partial charge in [0.25, 0.3) is 0 Å². The molecule has 2 rings (SSSR count). The number of unbranched alkanes of at least 4 members (excludes halogenated alkanes) is 1. The second kappa shape index (κ2) is 8.58. The number of aromatic carboxylic acids is 1. The minimum absolute atomic E-state index is 0.221. The van der Waals surface area contributed by atoms with Gasteiger partial charge >= 0.3 is 5.97 Å². The van der Waals surface area contributed by atoms with Gasteiger partial charge in [-0.1, -0.05) is 19.4 Å². The number of anilines is 1. The lowest BCUT2D eigenvalue weighted by Crippen LogP contribution is -1.98. The van der Waals surface area contributed by atoms with Crippen molar-refractivity contribution in [1.29, 1.82) is 0 Å². The smallest absolute Gasteiger partial charge is 0.335 e. The molecule has 0 fully saturated rings. The Hall–Kier alpha value is -2.82. The van der Waals surface area contributed by atoms with E-state index in [2.05, 4.69) is 17.5 Å². The third kappa shape index (κ3) is 5.47. The zero-order valence-corrected chi connectivity index (χ0v) is 13.0. The van der Waals surface area contributed by atoms with Crippen LogP contribution in [-0.4, -0.2) is 23.9 Å². The Morgan fingerprint density at radius 1 is 1.26 bits per heavy atom. The molecule has 0 radical (unpaired) electrons. The molecule has 0 spiro atoms. The van der Waals surface area contributed by atoms with Crippen LogP contribution in [0.2, 0.25) is 0 Å². The maximum Gasteiger partial charge on any atom is 0.335 e. The van der Waals surface area contributed by atoms with Crippen molar-refractivity contribution in [3.63, 3.8) is 0 Å². The van der Waals surface area contributed by atoms with E-state index in [1.807, 2.05) is 24.3 Å². The molecule has 0 amide bonds. The molecule has 0 saturated heterocycles. The Kier molecular flexibility index (Phi) is 6.17. The zero-order valence-electron chi connectivity index (χ0n) is 13.0. The first-order valence-corrected chi connectivity index (χ1v) is 7.54. The number of hydrogen-bond acceptors (Lipinski definition) is 4. The van der Waals surface area contributed by atoms with Crippen LogP contribution < -0.4 is 10.2 Å². The molecule has 0 unspecified atom stereocenters. The molecule has 0 heterocycles. The molecule has 0 aliphatic rings. The quantitative estimate of drug-likeness (QED) is 0.439. The Balaban J connectivity index is 1.90. The fourth-order valence-electron chi connectivity index (χ4n) is 1.89. The van der Waals surface area contributed by atoms with Crippen molar-refractivity contribution >= 4 is 17.9 Å². The normalized spacial score (nSPS) is 10.7. The summed E-state index contributed by atoms with van der Waals surface area (Å²) in [4.78, 5) is 10.9. The maximum atomic E-state index is 10.9. The molecule has 5 nitrogen and oxygen atoms in total. The predicted octanol–water partition coefficient (Wildman–Crippen LogP) is 4.01. The van der Waals surface area contributed by atoms with Gasteiger partial charge < -0.3 is 9.84 Å². The Bertz CT molecular complexity index is 666. The zero-order chi connectivity index (χ0) is 16.5. The first-order valence-electron chi connectivity index (χ1n) is 7.54. The summed E-state index contributed by atoms with van der Waals surface area (Å²) in [7, 11) is 0. The number of ether oxygens (including phenoxy) is 1. The number of rotatable bonds is 8. The minimum atomic E-state index is -0.962. The number of hydrogen-bond donors (Lipinski definition) is 2. The van der Waals surface area contributed by atoms with Crippen molar-refractivity contribution in [3.8, 4) is 5.75 Å². The van der Waals surface area contributed by atoms with Crippen molar-refractivity contribution in [2.75, 3.05) is 12.0 Å². The van der Waals surface area contributed by atoms with Gasteiger partial charge in [0.2, 0.25) is 0 Å². The second-order valence-electron chi connectivity index (χ2n) is 5.03. The topological polar surface area (TPSA) is 70.9 Å². The highest BCUT2D eigenvalue weighted by Crippen LogP contribution is 2.13. The summed E-state index contributed by atoms with van der Waals surface area (Å²) >= 11 is 0. The van der Waals surface area contributed by atoms with Gasteiger partial charge in [0.1, 0.15) is 5.75 Å². The number of nitrogens with zero attached hydrogens (tertiary/aromatic N) is 1. The summed E-state index contributed by atoms with van der Waals surface area (Å²) in [5.41, 5.74) is 4.59. The van der Waals surface area contributed by atoms with Gasteiger partial charge in [-0.25, -0.2) is 4.79 Å². The Morgan fingerprint density at radius 2 is 2.04 bits per heavy atom. The predicted molar refractivity (Wildman–Crippen MR) is 91.5 cm³/mol. The van der Waals surface area contributed by atoms with Crippen molar-refractivity contribution in [2.24, 2.45) is 5.10 Å². The van der Waals surface area contributed by atoms with Crippen molar-refractivity contribution in [1.82, 2.24) is 0 Å². The van der Waals surface area contributed by atoms with Gasteiger partial charge in [-0.3, -0.25) is 5.43 Å². The molecule has 120 valence electrons. The molecule has 0 bridgehead atoms. The second-order valence-corrected chi connectivity index (χ2v) is 5.03. The summed E-state index contributed by atoms with van der Waals surface area (Å²) in [6.07, 6.45) is 3.82. The lowest BCUT2D eigenvalue weighted by atomic mass is 10.2. The number of nitrogens with one attached hydrogen (secondary N) is 1. The van der Waals surface area contributed by atoms with Crippen LogP contribution in [0.3, 0.4) is 0 Å². The van der Waals surface area contributed by atoms with E-state index < -0.39 is 5.97 Å². The highest BCUT2D eigenvalue weighted by Gasteiger charge is 2.02. The van der Waals surface area contributed by atoms with Gasteiger partial charge in [-0.15, -0.1) is 0 Å². The molecular formula is C18H20N2O3. The van der Waals surface area contributed by atoms with Gasteiger partial charge in [0.05, 0.1) is 24.1 Å². The molecule has 0 aliphatic heterocycles. The molecule has 2 aromatic carbocycles. The van der Waals surface area contributed by atoms with Crippen LogP contribution in [0, 0.1) is 0 Å². The molecule has 0 aromatic heterocycles. The Morgan fingerprint density at radius 3 is 2.74 bits per heavy atom. The number of carbonyl (C=O) groups is 1. The molecule has 0 atom stereocenters. The maximum absolute atomic E-state index is 10.9. The summed E-state index contributed by atoms with van der Waals surface area (Å²) in [6.45, 7) is 2.85. The van der Waals surface area contributed by atoms with E-state index in [-0.39, 0.29) is 5.56 Å². The fraction of sp³-hybridized carbons (Fsp3) is 0.222. The molecule has 5 heteroatoms. The summed E-state index contributed by atoms with van der Waals surface area (Å²) in [6, 6.07) is 14.1. The number of carboxylic acid groups (broad SMARTS) is 1. The molecule has 23 heavy (non-hydrogen) atoms. The fourth-order valence-corrected chi connectivity index (χ4v) is 1.89. The van der Waals surface area contributed by atoms with Crippen LogP contribution in [0.5, 0.6) is 5.75 Å². The number of hydrazone groups is 1. The number of carboxylic acids is 1. The van der Waals surface area contributed by atoms with E-state index in [0.717, 1.165) is 30.8 Å². The lowest BCUT2D eigenvalue weighted by molar-refractivity contribution is 0.0697. The van der Waals surface area contributed by atoms with E-state index in [4.69, 9.17) is 9.84 Å². The molecule has 2 aromatic rings. The van der Waals surface area contributed by atoms with Crippen molar-refractivity contribution in [3.05, 3.63) is 59.7 Å². The van der Waals surface area contributed by atoms with Gasteiger partial charge in [-0.2, -0.15) is 5.10 Å². The SMILES string of the molecule is CCCCOc1ccc(C=NNc2cccc(C(=O)O)c2)cc1. The highest BCUT2D eigenvalue weighted by molar-refractivity contribution is 5.88. The average Bonchev–Trinajstić information content (AvgIpc) is 2.57.